The van der Waals surface area contributed by atoms with Crippen LogP contribution in [-0.2, 0) is 15.6 Å². The first-order valence-electron chi connectivity index (χ1n) is 7.50. The second kappa shape index (κ2) is 5.71. The Hall–Kier alpha value is -0.910. The lowest BCUT2D eigenvalue weighted by molar-refractivity contribution is 0.361. The van der Waals surface area contributed by atoms with Crippen molar-refractivity contribution in [2.45, 2.75) is 58.0 Å². The Labute approximate surface area is 128 Å². The highest BCUT2D eigenvalue weighted by Crippen LogP contribution is 2.41. The van der Waals surface area contributed by atoms with E-state index in [0.29, 0.717) is 0 Å². The minimum absolute atomic E-state index is 0.0576. The molecule has 1 aromatic carbocycles. The van der Waals surface area contributed by atoms with Crippen molar-refractivity contribution < 1.29 is 8.42 Å². The van der Waals surface area contributed by atoms with Crippen molar-refractivity contribution in [3.63, 3.8) is 0 Å². The summed E-state index contributed by atoms with van der Waals surface area (Å²) in [4.78, 5) is 0. The molecule has 0 aromatic heterocycles. The first-order valence-corrected chi connectivity index (χ1v) is 8.94. The highest BCUT2D eigenvalue weighted by Gasteiger charge is 2.35. The first-order chi connectivity index (χ1) is 9.65. The maximum atomic E-state index is 12.4. The Morgan fingerprint density at radius 2 is 1.90 bits per heavy atom. The Balaban J connectivity index is 2.31. The molecular weight excluding hydrogens is 284 g/mol. The van der Waals surface area contributed by atoms with Crippen molar-refractivity contribution in [2.75, 3.05) is 7.05 Å². The molecule has 1 atom stereocenters. The third-order valence-electron chi connectivity index (χ3n) is 4.52. The van der Waals surface area contributed by atoms with E-state index in [0.717, 1.165) is 18.4 Å². The molecule has 1 aromatic rings. The lowest BCUT2D eigenvalue weighted by Crippen LogP contribution is -2.45. The third-order valence-corrected chi connectivity index (χ3v) is 6.28. The molecule has 0 bridgehead atoms. The van der Waals surface area contributed by atoms with Gasteiger partial charge in [0.25, 0.3) is 10.2 Å². The Kier molecular flexibility index (Phi) is 4.47. The molecule has 1 aliphatic carbocycles. The fourth-order valence-electron chi connectivity index (χ4n) is 2.88. The van der Waals surface area contributed by atoms with Gasteiger partial charge < -0.3 is 0 Å². The molecular formula is C16H26N2O2S. The normalized spacial score (nSPS) is 21.6. The summed E-state index contributed by atoms with van der Waals surface area (Å²) in [7, 11) is -1.84. The van der Waals surface area contributed by atoms with Crippen LogP contribution in [0, 0.1) is 0 Å². The molecule has 0 saturated carbocycles. The van der Waals surface area contributed by atoms with Crippen LogP contribution in [0.2, 0.25) is 0 Å². The van der Waals surface area contributed by atoms with Gasteiger partial charge in [-0.25, -0.2) is 0 Å². The maximum absolute atomic E-state index is 12.4. The molecule has 1 aliphatic rings. The molecule has 0 unspecified atom stereocenters. The highest BCUT2D eigenvalue weighted by atomic mass is 32.2. The predicted molar refractivity (Wildman–Crippen MR) is 86.4 cm³/mol. The fourth-order valence-corrected chi connectivity index (χ4v) is 4.20. The second-order valence-corrected chi connectivity index (χ2v) is 8.56. The summed E-state index contributed by atoms with van der Waals surface area (Å²) >= 11 is 0. The van der Waals surface area contributed by atoms with Crippen LogP contribution in [0.25, 0.3) is 0 Å². The highest BCUT2D eigenvalue weighted by molar-refractivity contribution is 7.87. The molecule has 0 amide bonds. The minimum atomic E-state index is -3.46. The van der Waals surface area contributed by atoms with E-state index in [1.54, 1.807) is 7.05 Å². The molecule has 0 spiro atoms. The number of benzene rings is 1. The van der Waals surface area contributed by atoms with Crippen LogP contribution in [0.4, 0.5) is 0 Å². The van der Waals surface area contributed by atoms with Gasteiger partial charge in [-0.2, -0.15) is 17.4 Å². The molecule has 118 valence electrons. The zero-order valence-electron chi connectivity index (χ0n) is 13.6. The van der Waals surface area contributed by atoms with Crippen molar-refractivity contribution in [3.8, 4) is 0 Å². The van der Waals surface area contributed by atoms with Crippen LogP contribution < -0.4 is 4.72 Å². The van der Waals surface area contributed by atoms with Gasteiger partial charge in [0.2, 0.25) is 0 Å². The minimum Gasteiger partial charge on any atom is -0.195 e. The fraction of sp³-hybridized carbons (Fsp3) is 0.625. The van der Waals surface area contributed by atoms with Gasteiger partial charge in [0.1, 0.15) is 0 Å². The van der Waals surface area contributed by atoms with E-state index in [1.165, 1.54) is 9.87 Å². The van der Waals surface area contributed by atoms with E-state index in [4.69, 9.17) is 0 Å². The topological polar surface area (TPSA) is 49.4 Å². The summed E-state index contributed by atoms with van der Waals surface area (Å²) in [6, 6.07) is 7.96. The summed E-state index contributed by atoms with van der Waals surface area (Å²) in [5.74, 6) is 0. The molecule has 4 nitrogen and oxygen atoms in total. The molecule has 2 rings (SSSR count). The van der Waals surface area contributed by atoms with Crippen molar-refractivity contribution in [3.05, 3.63) is 35.4 Å². The Bertz CT molecular complexity index is 608. The molecule has 21 heavy (non-hydrogen) atoms. The standard InChI is InChI=1S/C16H26N2O2S/c1-12(2)18(5)21(19,20)17-15-10-11-16(3,4)14-9-7-6-8-13(14)15/h6-9,12,15,17H,10-11H2,1-5H3/t15-/m0/s1. The monoisotopic (exact) mass is 310 g/mol. The number of rotatable bonds is 4. The van der Waals surface area contributed by atoms with E-state index in [2.05, 4.69) is 24.6 Å². The van der Waals surface area contributed by atoms with E-state index < -0.39 is 10.2 Å². The summed E-state index contributed by atoms with van der Waals surface area (Å²) in [5.41, 5.74) is 2.45. The number of hydrogen-bond donors (Lipinski definition) is 1. The summed E-state index contributed by atoms with van der Waals surface area (Å²) in [6.45, 7) is 8.18. The van der Waals surface area contributed by atoms with Gasteiger partial charge in [0.15, 0.2) is 0 Å². The summed E-state index contributed by atoms with van der Waals surface area (Å²) < 4.78 is 29.1. The predicted octanol–water partition coefficient (Wildman–Crippen LogP) is 2.97. The van der Waals surface area contributed by atoms with Crippen LogP contribution in [-0.4, -0.2) is 25.8 Å². The maximum Gasteiger partial charge on any atom is 0.279 e. The molecule has 0 heterocycles. The van der Waals surface area contributed by atoms with Crippen molar-refractivity contribution in [1.82, 2.24) is 9.03 Å². The second-order valence-electron chi connectivity index (χ2n) is 6.80. The zero-order valence-corrected chi connectivity index (χ0v) is 14.4. The lowest BCUT2D eigenvalue weighted by Gasteiger charge is -2.38. The van der Waals surface area contributed by atoms with Crippen LogP contribution >= 0.6 is 0 Å². The number of nitrogens with one attached hydrogen (secondary N) is 1. The molecule has 0 fully saturated rings. The zero-order chi connectivity index (χ0) is 15.8. The number of fused-ring (bicyclic) bond motifs is 1. The quantitative estimate of drug-likeness (QED) is 0.929. The van der Waals surface area contributed by atoms with Crippen molar-refractivity contribution in [1.29, 1.82) is 0 Å². The van der Waals surface area contributed by atoms with Crippen LogP contribution in [0.5, 0.6) is 0 Å². The molecule has 0 aliphatic heterocycles. The smallest absolute Gasteiger partial charge is 0.195 e. The molecule has 0 saturated heterocycles. The van der Waals surface area contributed by atoms with Gasteiger partial charge in [0.05, 0.1) is 0 Å². The molecule has 1 N–H and O–H groups in total. The van der Waals surface area contributed by atoms with Gasteiger partial charge in [0, 0.05) is 19.1 Å². The van der Waals surface area contributed by atoms with E-state index in [1.807, 2.05) is 32.0 Å². The van der Waals surface area contributed by atoms with E-state index >= 15 is 0 Å². The molecule has 0 radical (unpaired) electrons. The van der Waals surface area contributed by atoms with Crippen LogP contribution in [0.3, 0.4) is 0 Å². The number of hydrogen-bond acceptors (Lipinski definition) is 2. The largest absolute Gasteiger partial charge is 0.279 e. The van der Waals surface area contributed by atoms with Gasteiger partial charge in [-0.05, 0) is 43.2 Å². The van der Waals surface area contributed by atoms with Crippen LogP contribution in [0.15, 0.2) is 24.3 Å². The average Bonchev–Trinajstić information content (AvgIpc) is 2.41. The summed E-state index contributed by atoms with van der Waals surface area (Å²) in [6.07, 6.45) is 1.80. The third kappa shape index (κ3) is 3.30. The van der Waals surface area contributed by atoms with Crippen molar-refractivity contribution >= 4 is 10.2 Å². The average molecular weight is 310 g/mol. The van der Waals surface area contributed by atoms with E-state index in [9.17, 15) is 8.42 Å². The van der Waals surface area contributed by atoms with Gasteiger partial charge in [-0.3, -0.25) is 0 Å². The summed E-state index contributed by atoms with van der Waals surface area (Å²) in [5, 5.41) is 0. The molecule has 5 heteroatoms. The van der Waals surface area contributed by atoms with Gasteiger partial charge in [-0.1, -0.05) is 38.1 Å². The van der Waals surface area contributed by atoms with Crippen molar-refractivity contribution in [2.24, 2.45) is 0 Å². The first kappa shape index (κ1) is 16.5. The Morgan fingerprint density at radius 1 is 1.29 bits per heavy atom. The number of nitrogens with zero attached hydrogens (tertiary/aromatic N) is 1. The SMILES string of the molecule is CC(C)N(C)S(=O)(=O)N[C@H]1CCC(C)(C)c2ccccc21. The van der Waals surface area contributed by atoms with E-state index in [-0.39, 0.29) is 17.5 Å². The van der Waals surface area contributed by atoms with Gasteiger partial charge in [-0.15, -0.1) is 0 Å². The lowest BCUT2D eigenvalue weighted by atomic mass is 9.71. The van der Waals surface area contributed by atoms with Crippen LogP contribution in [0.1, 0.15) is 57.7 Å². The Morgan fingerprint density at radius 3 is 2.52 bits per heavy atom. The van der Waals surface area contributed by atoms with Gasteiger partial charge >= 0.3 is 0 Å².